The Morgan fingerprint density at radius 1 is 1.00 bits per heavy atom. The van der Waals surface area contributed by atoms with E-state index in [1.807, 2.05) is 6.07 Å². The molecule has 7 heteroatoms. The highest BCUT2D eigenvalue weighted by Gasteiger charge is 2.53. The maximum Gasteiger partial charge on any atom is 0.246 e. The van der Waals surface area contributed by atoms with E-state index in [1.165, 1.54) is 0 Å². The zero-order chi connectivity index (χ0) is 19.8. The van der Waals surface area contributed by atoms with E-state index in [0.717, 1.165) is 17.7 Å². The Hall–Kier alpha value is -2.28. The van der Waals surface area contributed by atoms with Crippen molar-refractivity contribution >= 4 is 21.4 Å². The molecule has 3 rings (SSSR count). The van der Waals surface area contributed by atoms with Crippen LogP contribution in [-0.4, -0.2) is 19.1 Å². The number of hydrogen-bond acceptors (Lipinski definition) is 3. The van der Waals surface area contributed by atoms with Crippen LogP contribution in [0.15, 0.2) is 41.3 Å². The lowest BCUT2D eigenvalue weighted by atomic mass is 10.1. The van der Waals surface area contributed by atoms with Crippen molar-refractivity contribution in [2.45, 2.75) is 49.2 Å². The lowest BCUT2D eigenvalue weighted by Gasteiger charge is -2.28. The highest BCUT2D eigenvalue weighted by molar-refractivity contribution is 7.93. The van der Waals surface area contributed by atoms with Crippen LogP contribution in [0, 0.1) is 25.5 Å². The Morgan fingerprint density at radius 3 is 2.19 bits per heavy atom. The van der Waals surface area contributed by atoms with E-state index in [9.17, 15) is 22.0 Å². The number of hydrogen-bond donors (Lipinski definition) is 1. The lowest BCUT2D eigenvalue weighted by Crippen LogP contribution is -2.47. The Bertz CT molecular complexity index is 976. The minimum Gasteiger partial charge on any atom is -0.324 e. The molecule has 0 heterocycles. The Morgan fingerprint density at radius 2 is 1.59 bits per heavy atom. The maximum absolute atomic E-state index is 13.5. The number of halogens is 2. The quantitative estimate of drug-likeness (QED) is 0.842. The van der Waals surface area contributed by atoms with Gasteiger partial charge in [-0.05, 0) is 56.0 Å². The fraction of sp³-hybridized carbons (Fsp3) is 0.350. The first-order chi connectivity index (χ1) is 12.7. The molecule has 0 radical (unpaired) electrons. The predicted octanol–water partition coefficient (Wildman–Crippen LogP) is 4.31. The minimum absolute atomic E-state index is 0.0973. The van der Waals surface area contributed by atoms with Gasteiger partial charge in [0.1, 0.15) is 11.6 Å². The molecule has 1 saturated carbocycles. The van der Waals surface area contributed by atoms with Gasteiger partial charge >= 0.3 is 0 Å². The van der Waals surface area contributed by atoms with E-state index in [0.29, 0.717) is 24.5 Å². The van der Waals surface area contributed by atoms with Crippen LogP contribution in [0.5, 0.6) is 0 Å². The smallest absolute Gasteiger partial charge is 0.246 e. The minimum atomic E-state index is -3.99. The van der Waals surface area contributed by atoms with Crippen molar-refractivity contribution in [2.24, 2.45) is 0 Å². The molecule has 1 fully saturated rings. The molecule has 0 atom stereocenters. The van der Waals surface area contributed by atoms with Gasteiger partial charge in [0, 0.05) is 11.8 Å². The van der Waals surface area contributed by atoms with Gasteiger partial charge in [0.05, 0.1) is 4.90 Å². The molecule has 0 spiro atoms. The summed E-state index contributed by atoms with van der Waals surface area (Å²) in [5.74, 6) is -2.43. The zero-order valence-corrected chi connectivity index (χ0v) is 16.0. The van der Waals surface area contributed by atoms with E-state index in [4.69, 9.17) is 0 Å². The summed E-state index contributed by atoms with van der Waals surface area (Å²) in [5.41, 5.74) is 1.25. The fourth-order valence-electron chi connectivity index (χ4n) is 3.64. The molecule has 1 N–H and O–H groups in total. The summed E-state index contributed by atoms with van der Waals surface area (Å²) in [5, 5.41) is 2.42. The second-order valence-corrected chi connectivity index (χ2v) is 9.31. The van der Waals surface area contributed by atoms with Crippen molar-refractivity contribution in [3.05, 3.63) is 59.2 Å². The van der Waals surface area contributed by atoms with Crippen molar-refractivity contribution < 1.29 is 22.0 Å². The summed E-state index contributed by atoms with van der Waals surface area (Å²) in [7, 11) is -3.99. The maximum atomic E-state index is 13.5. The van der Waals surface area contributed by atoms with Crippen LogP contribution in [0.2, 0.25) is 0 Å². The molecule has 4 nitrogen and oxygen atoms in total. The molecule has 0 saturated heterocycles. The van der Waals surface area contributed by atoms with Gasteiger partial charge in [-0.15, -0.1) is 0 Å². The molecule has 1 aliphatic carbocycles. The summed E-state index contributed by atoms with van der Waals surface area (Å²) in [4.78, 5) is 13.2. The monoisotopic (exact) mass is 393 g/mol. The van der Waals surface area contributed by atoms with Gasteiger partial charge in [0.25, 0.3) is 0 Å². The van der Waals surface area contributed by atoms with E-state index in [-0.39, 0.29) is 23.4 Å². The highest BCUT2D eigenvalue weighted by atomic mass is 32.2. The third kappa shape index (κ3) is 3.48. The molecule has 144 valence electrons. The molecule has 0 aliphatic heterocycles. The number of rotatable bonds is 4. The molecule has 1 amide bonds. The largest absolute Gasteiger partial charge is 0.324 e. The van der Waals surface area contributed by atoms with Crippen LogP contribution in [-0.2, 0) is 14.6 Å². The molecule has 2 aromatic carbocycles. The first-order valence-electron chi connectivity index (χ1n) is 8.75. The van der Waals surface area contributed by atoms with E-state index >= 15 is 0 Å². The molecule has 0 aromatic heterocycles. The number of carbonyl (C=O) groups is 1. The van der Waals surface area contributed by atoms with E-state index in [1.54, 1.807) is 26.0 Å². The van der Waals surface area contributed by atoms with Crippen molar-refractivity contribution in [1.82, 2.24) is 0 Å². The van der Waals surface area contributed by atoms with Gasteiger partial charge in [0.2, 0.25) is 5.91 Å². The van der Waals surface area contributed by atoms with Crippen molar-refractivity contribution in [3.63, 3.8) is 0 Å². The predicted molar refractivity (Wildman–Crippen MR) is 99.3 cm³/mol. The number of amides is 1. The van der Waals surface area contributed by atoms with Gasteiger partial charge in [-0.2, -0.15) is 0 Å². The average Bonchev–Trinajstić information content (AvgIpc) is 3.07. The van der Waals surface area contributed by atoms with Gasteiger partial charge in [-0.3, -0.25) is 4.79 Å². The van der Waals surface area contributed by atoms with Crippen molar-refractivity contribution in [2.75, 3.05) is 5.32 Å². The first-order valence-corrected chi connectivity index (χ1v) is 10.2. The van der Waals surface area contributed by atoms with Crippen molar-refractivity contribution in [3.8, 4) is 0 Å². The lowest BCUT2D eigenvalue weighted by molar-refractivity contribution is -0.118. The standard InChI is InChI=1S/C20H21F2NO3S/c1-13-5-6-14(2)18(9-13)27(25,26)20(7-3-4-8-20)19(24)23-17-11-15(21)10-16(22)12-17/h5-6,9-12H,3-4,7-8H2,1-2H3,(H,23,24). The van der Waals surface area contributed by atoms with Gasteiger partial charge in [0.15, 0.2) is 14.6 Å². The van der Waals surface area contributed by atoms with Crippen LogP contribution in [0.3, 0.4) is 0 Å². The summed E-state index contributed by atoms with van der Waals surface area (Å²) in [6.45, 7) is 3.48. The molecular weight excluding hydrogens is 372 g/mol. The molecule has 2 aromatic rings. The molecule has 0 bridgehead atoms. The summed E-state index contributed by atoms with van der Waals surface area (Å²) < 4.78 is 52.2. The number of nitrogens with one attached hydrogen (secondary N) is 1. The van der Waals surface area contributed by atoms with Gasteiger partial charge in [-0.1, -0.05) is 25.0 Å². The van der Waals surface area contributed by atoms with Crippen LogP contribution in [0.25, 0.3) is 0 Å². The van der Waals surface area contributed by atoms with Crippen molar-refractivity contribution in [1.29, 1.82) is 0 Å². The topological polar surface area (TPSA) is 63.2 Å². The fourth-order valence-corrected chi connectivity index (χ4v) is 6.02. The molecule has 27 heavy (non-hydrogen) atoms. The Labute approximate surface area is 157 Å². The van der Waals surface area contributed by atoms with E-state index in [2.05, 4.69) is 5.32 Å². The number of anilines is 1. The summed E-state index contributed by atoms with van der Waals surface area (Å²) in [6.07, 6.45) is 1.53. The number of benzene rings is 2. The van der Waals surface area contributed by atoms with E-state index < -0.39 is 32.1 Å². The molecule has 1 aliphatic rings. The zero-order valence-electron chi connectivity index (χ0n) is 15.2. The average molecular weight is 393 g/mol. The number of carbonyl (C=O) groups excluding carboxylic acids is 1. The van der Waals surface area contributed by atoms with Crippen LogP contribution >= 0.6 is 0 Å². The first kappa shape index (κ1) is 19.5. The Kier molecular flexibility index (Phi) is 5.08. The number of sulfone groups is 1. The van der Waals surface area contributed by atoms with Crippen LogP contribution in [0.4, 0.5) is 14.5 Å². The van der Waals surface area contributed by atoms with Crippen LogP contribution < -0.4 is 5.32 Å². The second kappa shape index (κ2) is 7.03. The van der Waals surface area contributed by atoms with Gasteiger partial charge in [-0.25, -0.2) is 17.2 Å². The Balaban J connectivity index is 2.05. The second-order valence-electron chi connectivity index (χ2n) is 7.09. The number of aryl methyl sites for hydroxylation is 2. The molecule has 0 unspecified atom stereocenters. The normalized spacial score (nSPS) is 16.3. The highest BCUT2D eigenvalue weighted by Crippen LogP contribution is 2.42. The van der Waals surface area contributed by atoms with Crippen LogP contribution in [0.1, 0.15) is 36.8 Å². The van der Waals surface area contributed by atoms with Gasteiger partial charge < -0.3 is 5.32 Å². The third-order valence-corrected chi connectivity index (χ3v) is 7.73. The summed E-state index contributed by atoms with van der Waals surface area (Å²) in [6, 6.07) is 7.71. The molecular formula is C20H21F2NO3S. The SMILES string of the molecule is Cc1ccc(C)c(S(=O)(=O)C2(C(=O)Nc3cc(F)cc(F)c3)CCCC2)c1. The third-order valence-electron chi connectivity index (χ3n) is 5.09. The summed E-state index contributed by atoms with van der Waals surface area (Å²) >= 11 is 0.